The first-order valence-electron chi connectivity index (χ1n) is 17.6. The van der Waals surface area contributed by atoms with Gasteiger partial charge in [-0.05, 0) is 92.7 Å². The monoisotopic (exact) mass is 678 g/mol. The Kier molecular flexibility index (Phi) is 10.5. The lowest BCUT2D eigenvalue weighted by Gasteiger charge is -2.38. The van der Waals surface area contributed by atoms with Crippen LogP contribution in [0.2, 0.25) is 0 Å². The molecule has 4 atom stereocenters. The summed E-state index contributed by atoms with van der Waals surface area (Å²) in [4.78, 5) is 16.5. The average Bonchev–Trinajstić information content (AvgIpc) is 3.09. The predicted molar refractivity (Wildman–Crippen MR) is 179 cm³/mol. The lowest BCUT2D eigenvalue weighted by atomic mass is 9.83. The van der Waals surface area contributed by atoms with E-state index in [1.54, 1.807) is 18.2 Å². The van der Waals surface area contributed by atoms with Gasteiger partial charge in [0.05, 0.1) is 31.2 Å². The molecule has 262 valence electrons. The minimum absolute atomic E-state index is 0.159. The van der Waals surface area contributed by atoms with E-state index in [4.69, 9.17) is 28.4 Å². The minimum atomic E-state index is -0.996. The van der Waals surface area contributed by atoms with Gasteiger partial charge in [-0.1, -0.05) is 6.92 Å². The number of nitrogens with one attached hydrogen (secondary N) is 1. The zero-order chi connectivity index (χ0) is 33.7. The van der Waals surface area contributed by atoms with Gasteiger partial charge in [0, 0.05) is 37.7 Å². The second-order valence-electron chi connectivity index (χ2n) is 13.2. The normalized spacial score (nSPS) is 24.3. The predicted octanol–water partition coefficient (Wildman–Crippen LogP) is 7.09. The molecule has 1 N–H and O–H groups in total. The van der Waals surface area contributed by atoms with Gasteiger partial charge in [-0.15, -0.1) is 0 Å². The van der Waals surface area contributed by atoms with E-state index in [0.29, 0.717) is 36.7 Å². The van der Waals surface area contributed by atoms with Gasteiger partial charge in [0.25, 0.3) is 0 Å². The maximum Gasteiger partial charge on any atom is 0.200 e. The summed E-state index contributed by atoms with van der Waals surface area (Å²) in [6, 6.07) is 15.0. The maximum atomic E-state index is 15.5. The number of fused-ring (bicyclic) bond motifs is 1. The number of hydrogen-bond donors (Lipinski definition) is 1. The molecule has 0 spiro atoms. The third-order valence-electron chi connectivity index (χ3n) is 9.45. The van der Waals surface area contributed by atoms with Crippen LogP contribution in [0.3, 0.4) is 0 Å². The summed E-state index contributed by atoms with van der Waals surface area (Å²) in [5.41, 5.74) is 1.26. The highest BCUT2D eigenvalue weighted by Gasteiger charge is 2.40. The molecule has 0 aliphatic carbocycles. The lowest BCUT2D eigenvalue weighted by Crippen LogP contribution is -2.53. The Morgan fingerprint density at radius 1 is 0.837 bits per heavy atom. The number of benzene rings is 3. The fraction of sp³-hybridized carbons (Fsp3) is 0.500. The van der Waals surface area contributed by atoms with Crippen molar-refractivity contribution in [2.75, 3.05) is 44.7 Å². The smallest absolute Gasteiger partial charge is 0.200 e. The van der Waals surface area contributed by atoms with E-state index in [-0.39, 0.29) is 30.3 Å². The SMILES string of the molecule is CCCN1CC(Oc2ccc(NCC3Oc4cc(OC5CCCCO5)ccc4C(=O)C3c3cc(F)c(OC4CCCCO4)c(F)c3)cc2)C1. The average molecular weight is 679 g/mol. The summed E-state index contributed by atoms with van der Waals surface area (Å²) in [6.07, 6.45) is 4.47. The van der Waals surface area contributed by atoms with Crippen molar-refractivity contribution in [1.82, 2.24) is 4.90 Å². The van der Waals surface area contributed by atoms with E-state index in [2.05, 4.69) is 17.1 Å². The van der Waals surface area contributed by atoms with Crippen LogP contribution >= 0.6 is 0 Å². The van der Waals surface area contributed by atoms with Crippen LogP contribution in [0.15, 0.2) is 54.6 Å². The van der Waals surface area contributed by atoms with Crippen LogP contribution in [0.5, 0.6) is 23.0 Å². The number of carbonyl (C=O) groups excluding carboxylic acids is 1. The molecule has 0 aromatic heterocycles. The molecule has 3 aromatic carbocycles. The highest BCUT2D eigenvalue weighted by atomic mass is 19.1. The van der Waals surface area contributed by atoms with Crippen LogP contribution in [0.4, 0.5) is 14.5 Å². The van der Waals surface area contributed by atoms with Crippen LogP contribution < -0.4 is 24.3 Å². The van der Waals surface area contributed by atoms with Crippen LogP contribution in [0.25, 0.3) is 0 Å². The van der Waals surface area contributed by atoms with E-state index in [0.717, 1.165) is 81.7 Å². The number of halogens is 2. The Morgan fingerprint density at radius 3 is 2.16 bits per heavy atom. The van der Waals surface area contributed by atoms with Crippen LogP contribution in [0.1, 0.15) is 73.7 Å². The molecule has 4 heterocycles. The molecule has 3 saturated heterocycles. The Morgan fingerprint density at radius 2 is 1.51 bits per heavy atom. The summed E-state index contributed by atoms with van der Waals surface area (Å²) < 4.78 is 66.4. The number of nitrogens with zero attached hydrogens (tertiary/aromatic N) is 1. The molecule has 9 nitrogen and oxygen atoms in total. The van der Waals surface area contributed by atoms with Crippen molar-refractivity contribution in [2.24, 2.45) is 0 Å². The van der Waals surface area contributed by atoms with Crippen molar-refractivity contribution in [3.8, 4) is 23.0 Å². The molecular formula is C38H44F2N2O7. The number of rotatable bonds is 12. The standard InChI is InChI=1S/C38H44F2N2O7/c1-2-15-42-22-28(23-42)46-26-11-9-25(10-12-26)41-21-33-36(24-18-30(39)38(31(40)19-24)49-35-8-4-6-17-45-35)37(43)29-14-13-27(20-32(29)48-33)47-34-7-3-5-16-44-34/h9-14,18-20,28,33-36,41H,2-8,15-17,21-23H2,1H3. The fourth-order valence-corrected chi connectivity index (χ4v) is 6.89. The van der Waals surface area contributed by atoms with E-state index in [9.17, 15) is 4.79 Å². The van der Waals surface area contributed by atoms with Crippen molar-refractivity contribution >= 4 is 11.5 Å². The molecular weight excluding hydrogens is 634 g/mol. The molecule has 4 unspecified atom stereocenters. The van der Waals surface area contributed by atoms with E-state index in [1.807, 2.05) is 24.3 Å². The molecule has 4 aliphatic heterocycles. The fourth-order valence-electron chi connectivity index (χ4n) is 6.89. The van der Waals surface area contributed by atoms with Crippen molar-refractivity contribution in [1.29, 1.82) is 0 Å². The molecule has 4 aliphatic rings. The quantitative estimate of drug-likeness (QED) is 0.216. The zero-order valence-electron chi connectivity index (χ0n) is 27.8. The van der Waals surface area contributed by atoms with Gasteiger partial charge in [-0.3, -0.25) is 9.69 Å². The molecule has 3 fully saturated rings. The van der Waals surface area contributed by atoms with Gasteiger partial charge in [0.15, 0.2) is 35.7 Å². The Labute approximate surface area is 285 Å². The van der Waals surface area contributed by atoms with Gasteiger partial charge in [-0.2, -0.15) is 0 Å². The first-order chi connectivity index (χ1) is 23.9. The van der Waals surface area contributed by atoms with Crippen molar-refractivity contribution < 1.29 is 42.0 Å². The van der Waals surface area contributed by atoms with Crippen molar-refractivity contribution in [3.05, 3.63) is 77.4 Å². The molecule has 7 rings (SSSR count). The molecule has 0 saturated carbocycles. The molecule has 0 amide bonds. The summed E-state index contributed by atoms with van der Waals surface area (Å²) in [6.45, 7) is 6.39. The van der Waals surface area contributed by atoms with Gasteiger partial charge < -0.3 is 33.7 Å². The topological polar surface area (TPSA) is 87.7 Å². The Balaban J connectivity index is 1.10. The second kappa shape index (κ2) is 15.3. The summed E-state index contributed by atoms with van der Waals surface area (Å²) in [5.74, 6) is -1.96. The summed E-state index contributed by atoms with van der Waals surface area (Å²) >= 11 is 0. The second-order valence-corrected chi connectivity index (χ2v) is 13.2. The van der Waals surface area contributed by atoms with Crippen molar-refractivity contribution in [3.63, 3.8) is 0 Å². The van der Waals surface area contributed by atoms with Gasteiger partial charge in [0.2, 0.25) is 0 Å². The first-order valence-corrected chi connectivity index (χ1v) is 17.6. The highest BCUT2D eigenvalue weighted by molar-refractivity contribution is 6.04. The van der Waals surface area contributed by atoms with E-state index in [1.165, 1.54) is 0 Å². The van der Waals surface area contributed by atoms with Crippen molar-refractivity contribution in [2.45, 2.75) is 82.6 Å². The van der Waals surface area contributed by atoms with Crippen LogP contribution in [0, 0.1) is 11.6 Å². The zero-order valence-corrected chi connectivity index (χ0v) is 27.8. The number of ketones is 1. The molecule has 3 aromatic rings. The van der Waals surface area contributed by atoms with Gasteiger partial charge in [0.1, 0.15) is 29.5 Å². The van der Waals surface area contributed by atoms with Crippen LogP contribution in [-0.4, -0.2) is 74.9 Å². The summed E-state index contributed by atoms with van der Waals surface area (Å²) in [5, 5.41) is 3.35. The third-order valence-corrected chi connectivity index (χ3v) is 9.45. The Hall–Kier alpha value is -3.93. The largest absolute Gasteiger partial charge is 0.488 e. The minimum Gasteiger partial charge on any atom is -0.488 e. The molecule has 49 heavy (non-hydrogen) atoms. The molecule has 0 radical (unpaired) electrons. The number of ether oxygens (including phenoxy) is 6. The number of hydrogen-bond acceptors (Lipinski definition) is 9. The lowest BCUT2D eigenvalue weighted by molar-refractivity contribution is -0.108. The van der Waals surface area contributed by atoms with E-state index >= 15 is 8.78 Å². The number of Topliss-reactive ketones (excluding diaryl/α,β-unsaturated/α-hetero) is 1. The third kappa shape index (κ3) is 7.95. The Bertz CT molecular complexity index is 1560. The van der Waals surface area contributed by atoms with Crippen LogP contribution in [-0.2, 0) is 9.47 Å². The summed E-state index contributed by atoms with van der Waals surface area (Å²) in [7, 11) is 0. The number of likely N-dealkylation sites (tertiary alicyclic amines) is 1. The molecule has 11 heteroatoms. The van der Waals surface area contributed by atoms with E-state index < -0.39 is 35.7 Å². The number of anilines is 1. The highest BCUT2D eigenvalue weighted by Crippen LogP contribution is 2.41. The van der Waals surface area contributed by atoms with Gasteiger partial charge in [-0.25, -0.2) is 8.78 Å². The molecule has 0 bridgehead atoms. The van der Waals surface area contributed by atoms with Gasteiger partial charge >= 0.3 is 0 Å². The number of carbonyl (C=O) groups is 1. The first kappa shape index (κ1) is 33.6. The maximum absolute atomic E-state index is 15.5.